The highest BCUT2D eigenvalue weighted by molar-refractivity contribution is 5.88. The lowest BCUT2D eigenvalue weighted by atomic mass is 9.98. The SMILES string of the molecule is CC1O[C@@H](OCC2O[C@@H](Oc3c(-c4ccccc4O)oc4cc(O)cc(O)c4c3=O)C(O)C(O)[C@@H]2O)C(O)[C@@H](O)[C@H]1O. The number of phenols is 3. The van der Waals surface area contributed by atoms with Crippen LogP contribution in [0.25, 0.3) is 22.3 Å². The Balaban J connectivity index is 1.47. The van der Waals surface area contributed by atoms with Crippen LogP contribution >= 0.6 is 0 Å². The van der Waals surface area contributed by atoms with Crippen molar-refractivity contribution in [2.24, 2.45) is 0 Å². The molecule has 2 aromatic carbocycles. The fourth-order valence-corrected chi connectivity index (χ4v) is 4.83. The van der Waals surface area contributed by atoms with Gasteiger partial charge in [-0.3, -0.25) is 4.79 Å². The summed E-state index contributed by atoms with van der Waals surface area (Å²) in [5, 5.41) is 92.1. The number of phenolic OH excluding ortho intramolecular Hbond substituents is 3. The van der Waals surface area contributed by atoms with Crippen LogP contribution in [0.2, 0.25) is 0 Å². The summed E-state index contributed by atoms with van der Waals surface area (Å²) in [7, 11) is 0. The number of rotatable bonds is 6. The Morgan fingerprint density at radius 1 is 0.786 bits per heavy atom. The molecule has 0 saturated carbocycles. The first-order valence-electron chi connectivity index (χ1n) is 12.9. The van der Waals surface area contributed by atoms with Crippen molar-refractivity contribution < 1.29 is 69.3 Å². The molecule has 2 saturated heterocycles. The standard InChI is InChI=1S/C27H30O15/c1-9-17(31)20(34)22(36)26(39-9)38-8-15-18(32)21(35)23(37)27(41-15)42-25-19(33)16-13(30)6-10(28)7-14(16)40-24(25)11-4-2-3-5-12(11)29/h2-7,9,15,17-18,20-23,26-32,34-37H,8H2,1H3/t9?,15?,17-,18+,20-,21?,22?,23?,26+,27-/m0/s1. The van der Waals surface area contributed by atoms with Gasteiger partial charge in [-0.1, -0.05) is 12.1 Å². The van der Waals surface area contributed by atoms with E-state index in [4.69, 9.17) is 23.4 Å². The Kier molecular flexibility index (Phi) is 8.30. The largest absolute Gasteiger partial charge is 0.508 e. The maximum Gasteiger partial charge on any atom is 0.239 e. The Morgan fingerprint density at radius 2 is 1.45 bits per heavy atom. The molecule has 2 aliphatic rings. The van der Waals surface area contributed by atoms with Gasteiger partial charge in [0.05, 0.1) is 18.3 Å². The van der Waals surface area contributed by atoms with Crippen molar-refractivity contribution in [3.8, 4) is 34.3 Å². The minimum Gasteiger partial charge on any atom is -0.508 e. The van der Waals surface area contributed by atoms with E-state index in [1.54, 1.807) is 0 Å². The van der Waals surface area contributed by atoms with E-state index in [0.29, 0.717) is 0 Å². The number of ether oxygens (including phenoxy) is 4. The molecule has 15 nitrogen and oxygen atoms in total. The van der Waals surface area contributed by atoms with Crippen molar-refractivity contribution in [1.29, 1.82) is 0 Å². The van der Waals surface area contributed by atoms with Gasteiger partial charge in [-0.25, -0.2) is 0 Å². The fourth-order valence-electron chi connectivity index (χ4n) is 4.83. The molecule has 0 radical (unpaired) electrons. The van der Waals surface area contributed by atoms with Crippen LogP contribution in [0.4, 0.5) is 0 Å². The van der Waals surface area contributed by atoms with Crippen LogP contribution in [0.5, 0.6) is 23.0 Å². The number of hydrogen-bond acceptors (Lipinski definition) is 15. The first-order valence-corrected chi connectivity index (χ1v) is 12.9. The minimum atomic E-state index is -1.94. The maximum absolute atomic E-state index is 13.6. The molecule has 228 valence electrons. The number of benzene rings is 2. The topological polar surface area (TPSA) is 249 Å². The lowest BCUT2D eigenvalue weighted by molar-refractivity contribution is -0.318. The van der Waals surface area contributed by atoms with Crippen molar-refractivity contribution in [1.82, 2.24) is 0 Å². The summed E-state index contributed by atoms with van der Waals surface area (Å²) < 4.78 is 27.9. The zero-order valence-electron chi connectivity index (χ0n) is 21.9. The van der Waals surface area contributed by atoms with Gasteiger partial charge < -0.3 is 69.3 Å². The third-order valence-electron chi connectivity index (χ3n) is 7.20. The van der Waals surface area contributed by atoms with Crippen LogP contribution in [-0.2, 0) is 14.2 Å². The predicted octanol–water partition coefficient (Wildman–Crippen LogP) is -1.39. The number of para-hydroxylation sites is 1. The highest BCUT2D eigenvalue weighted by Crippen LogP contribution is 2.40. The van der Waals surface area contributed by atoms with Gasteiger partial charge in [-0.05, 0) is 19.1 Å². The molecule has 9 N–H and O–H groups in total. The monoisotopic (exact) mass is 594 g/mol. The molecule has 1 aromatic heterocycles. The Labute approximate surface area is 236 Å². The molecule has 42 heavy (non-hydrogen) atoms. The van der Waals surface area contributed by atoms with Gasteiger partial charge in [0, 0.05) is 12.1 Å². The van der Waals surface area contributed by atoms with E-state index in [-0.39, 0.29) is 22.7 Å². The van der Waals surface area contributed by atoms with E-state index in [9.17, 15) is 50.8 Å². The van der Waals surface area contributed by atoms with Gasteiger partial charge in [-0.15, -0.1) is 0 Å². The smallest absolute Gasteiger partial charge is 0.239 e. The molecule has 0 aliphatic carbocycles. The molecule has 5 unspecified atom stereocenters. The van der Waals surface area contributed by atoms with Gasteiger partial charge in [0.2, 0.25) is 17.5 Å². The van der Waals surface area contributed by atoms with Crippen molar-refractivity contribution in [3.05, 3.63) is 46.6 Å². The summed E-state index contributed by atoms with van der Waals surface area (Å²) >= 11 is 0. The van der Waals surface area contributed by atoms with Crippen LogP contribution in [0.1, 0.15) is 6.92 Å². The minimum absolute atomic E-state index is 0.0431. The molecular weight excluding hydrogens is 564 g/mol. The Bertz CT molecular complexity index is 1490. The van der Waals surface area contributed by atoms with Gasteiger partial charge in [0.15, 0.2) is 12.1 Å². The molecule has 0 amide bonds. The molecule has 10 atom stereocenters. The zero-order valence-corrected chi connectivity index (χ0v) is 21.9. The molecule has 5 rings (SSSR count). The summed E-state index contributed by atoms with van der Waals surface area (Å²) in [6.07, 6.45) is -15.9. The van der Waals surface area contributed by atoms with E-state index in [2.05, 4.69) is 0 Å². The van der Waals surface area contributed by atoms with Crippen molar-refractivity contribution in [2.75, 3.05) is 6.61 Å². The van der Waals surface area contributed by atoms with Gasteiger partial charge >= 0.3 is 0 Å². The quantitative estimate of drug-likeness (QED) is 0.159. The molecule has 3 heterocycles. The summed E-state index contributed by atoms with van der Waals surface area (Å²) in [6.45, 7) is 0.850. The molecule has 0 bridgehead atoms. The number of aromatic hydroxyl groups is 3. The van der Waals surface area contributed by atoms with E-state index < -0.39 is 96.1 Å². The summed E-state index contributed by atoms with van der Waals surface area (Å²) in [5.41, 5.74) is -1.29. The van der Waals surface area contributed by atoms with Crippen molar-refractivity contribution in [3.63, 3.8) is 0 Å². The normalized spacial score (nSPS) is 33.5. The lowest BCUT2D eigenvalue weighted by Gasteiger charge is -2.42. The second-order valence-corrected chi connectivity index (χ2v) is 10.1. The Hall–Kier alpha value is -3.51. The van der Waals surface area contributed by atoms with E-state index in [0.717, 1.165) is 12.1 Å². The maximum atomic E-state index is 13.6. The van der Waals surface area contributed by atoms with E-state index in [1.807, 2.05) is 0 Å². The van der Waals surface area contributed by atoms with Crippen LogP contribution in [0.3, 0.4) is 0 Å². The molecule has 2 fully saturated rings. The summed E-state index contributed by atoms with van der Waals surface area (Å²) in [5.74, 6) is -2.45. The fraction of sp³-hybridized carbons (Fsp3) is 0.444. The molecule has 15 heteroatoms. The third kappa shape index (κ3) is 5.37. The van der Waals surface area contributed by atoms with Gasteiger partial charge in [-0.2, -0.15) is 0 Å². The second kappa shape index (κ2) is 11.6. The first-order chi connectivity index (χ1) is 19.9. The van der Waals surface area contributed by atoms with E-state index >= 15 is 0 Å². The van der Waals surface area contributed by atoms with E-state index in [1.165, 1.54) is 31.2 Å². The van der Waals surface area contributed by atoms with Crippen LogP contribution in [0.15, 0.2) is 45.6 Å². The highest BCUT2D eigenvalue weighted by Gasteiger charge is 2.47. The molecule has 0 spiro atoms. The predicted molar refractivity (Wildman–Crippen MR) is 139 cm³/mol. The van der Waals surface area contributed by atoms with Crippen molar-refractivity contribution >= 4 is 11.0 Å². The number of fused-ring (bicyclic) bond motifs is 1. The third-order valence-corrected chi connectivity index (χ3v) is 7.20. The summed E-state index contributed by atoms with van der Waals surface area (Å²) in [6, 6.07) is 7.63. The average Bonchev–Trinajstić information content (AvgIpc) is 2.95. The van der Waals surface area contributed by atoms with Crippen LogP contribution in [-0.4, -0.2) is 114 Å². The number of aliphatic hydroxyl groups is 6. The zero-order chi connectivity index (χ0) is 30.5. The van der Waals surface area contributed by atoms with Crippen molar-refractivity contribution in [2.45, 2.75) is 68.3 Å². The van der Waals surface area contributed by atoms with Crippen LogP contribution < -0.4 is 10.2 Å². The first kappa shape index (κ1) is 30.0. The summed E-state index contributed by atoms with van der Waals surface area (Å²) in [4.78, 5) is 13.6. The molecular formula is C27H30O15. The molecule has 2 aliphatic heterocycles. The number of aliphatic hydroxyl groups excluding tert-OH is 6. The van der Waals surface area contributed by atoms with Crippen LogP contribution in [0, 0.1) is 0 Å². The average molecular weight is 595 g/mol. The Morgan fingerprint density at radius 3 is 2.17 bits per heavy atom. The highest BCUT2D eigenvalue weighted by atomic mass is 16.7. The van der Waals surface area contributed by atoms with Gasteiger partial charge in [0.1, 0.15) is 70.9 Å². The number of hydrogen-bond donors (Lipinski definition) is 9. The van der Waals surface area contributed by atoms with Gasteiger partial charge in [0.25, 0.3) is 0 Å². The lowest BCUT2D eigenvalue weighted by Crippen LogP contribution is -2.61. The molecule has 3 aromatic rings. The second-order valence-electron chi connectivity index (χ2n) is 10.1.